The Kier molecular flexibility index (Phi) is 4.67. The molecule has 6 heteroatoms. The largest absolute Gasteiger partial charge is 0.492 e. The number of benzene rings is 1. The third-order valence-corrected chi connectivity index (χ3v) is 3.23. The molecule has 0 aromatic heterocycles. The summed E-state index contributed by atoms with van der Waals surface area (Å²) in [5, 5.41) is 2.85. The van der Waals surface area contributed by atoms with Crippen LogP contribution in [0.15, 0.2) is 18.2 Å². The lowest BCUT2D eigenvalue weighted by Gasteiger charge is -2.17. The second kappa shape index (κ2) is 6.47. The molecule has 0 bridgehead atoms. The number of hydrogen-bond acceptors (Lipinski definition) is 4. The third-order valence-electron chi connectivity index (χ3n) is 3.23. The zero-order valence-corrected chi connectivity index (χ0v) is 12.4. The predicted octanol–water partition coefficient (Wildman–Crippen LogP) is 1.02. The van der Waals surface area contributed by atoms with Gasteiger partial charge < -0.3 is 20.7 Å². The van der Waals surface area contributed by atoms with Gasteiger partial charge in [-0.2, -0.15) is 0 Å². The second-order valence-corrected chi connectivity index (χ2v) is 5.19. The molecule has 0 radical (unpaired) electrons. The molecule has 0 aliphatic heterocycles. The molecule has 21 heavy (non-hydrogen) atoms. The Hall–Kier alpha value is -2.24. The highest BCUT2D eigenvalue weighted by molar-refractivity contribution is 5.97. The molecule has 0 saturated heterocycles. The van der Waals surface area contributed by atoms with Crippen LogP contribution in [0.2, 0.25) is 0 Å². The first-order valence-corrected chi connectivity index (χ1v) is 7.08. The Morgan fingerprint density at radius 2 is 2.14 bits per heavy atom. The van der Waals surface area contributed by atoms with Crippen LogP contribution in [-0.4, -0.2) is 43.0 Å². The lowest BCUT2D eigenvalue weighted by Crippen LogP contribution is -2.39. The van der Waals surface area contributed by atoms with Crippen molar-refractivity contribution >= 4 is 17.5 Å². The van der Waals surface area contributed by atoms with Crippen LogP contribution in [-0.2, 0) is 4.79 Å². The van der Waals surface area contributed by atoms with Crippen LogP contribution in [0.1, 0.15) is 30.1 Å². The molecule has 0 unspecified atom stereocenters. The van der Waals surface area contributed by atoms with Gasteiger partial charge in [-0.05, 0) is 38.0 Å². The predicted molar refractivity (Wildman–Crippen MR) is 80.1 cm³/mol. The molecular formula is C15H21N3O3. The average Bonchev–Trinajstić information content (AvgIpc) is 3.24. The van der Waals surface area contributed by atoms with E-state index in [-0.39, 0.29) is 18.4 Å². The number of hydrogen-bond donors (Lipinski definition) is 2. The molecule has 2 rings (SSSR count). The molecule has 6 nitrogen and oxygen atoms in total. The van der Waals surface area contributed by atoms with Gasteiger partial charge in [-0.15, -0.1) is 0 Å². The Morgan fingerprint density at radius 1 is 1.43 bits per heavy atom. The summed E-state index contributed by atoms with van der Waals surface area (Å²) in [7, 11) is 1.60. The maximum Gasteiger partial charge on any atom is 0.254 e. The number of nitrogen functional groups attached to an aromatic ring is 1. The van der Waals surface area contributed by atoms with Gasteiger partial charge in [-0.25, -0.2) is 0 Å². The van der Waals surface area contributed by atoms with Crippen molar-refractivity contribution in [3.63, 3.8) is 0 Å². The Labute approximate surface area is 124 Å². The van der Waals surface area contributed by atoms with Gasteiger partial charge in [0, 0.05) is 18.7 Å². The summed E-state index contributed by atoms with van der Waals surface area (Å²) < 4.78 is 5.33. The van der Waals surface area contributed by atoms with E-state index in [4.69, 9.17) is 10.5 Å². The van der Waals surface area contributed by atoms with Gasteiger partial charge in [0.2, 0.25) is 5.91 Å². The summed E-state index contributed by atoms with van der Waals surface area (Å²) >= 11 is 0. The fourth-order valence-electron chi connectivity index (χ4n) is 1.98. The van der Waals surface area contributed by atoms with E-state index in [0.717, 1.165) is 12.8 Å². The summed E-state index contributed by atoms with van der Waals surface area (Å²) in [5.41, 5.74) is 6.70. The molecular weight excluding hydrogens is 270 g/mol. The van der Waals surface area contributed by atoms with Crippen molar-refractivity contribution in [3.8, 4) is 5.75 Å². The van der Waals surface area contributed by atoms with Gasteiger partial charge in [0.25, 0.3) is 5.91 Å². The highest BCUT2D eigenvalue weighted by atomic mass is 16.5. The van der Waals surface area contributed by atoms with Crippen LogP contribution in [0, 0.1) is 0 Å². The van der Waals surface area contributed by atoms with Gasteiger partial charge in [-0.1, -0.05) is 0 Å². The molecule has 1 aromatic carbocycles. The highest BCUT2D eigenvalue weighted by Gasteiger charge is 2.24. The van der Waals surface area contributed by atoms with Gasteiger partial charge in [0.05, 0.1) is 18.8 Å². The molecule has 0 spiro atoms. The number of rotatable bonds is 6. The van der Waals surface area contributed by atoms with Gasteiger partial charge in [-0.3, -0.25) is 9.59 Å². The second-order valence-electron chi connectivity index (χ2n) is 5.19. The number of ether oxygens (including phenoxy) is 1. The average molecular weight is 291 g/mol. The van der Waals surface area contributed by atoms with E-state index in [9.17, 15) is 9.59 Å². The van der Waals surface area contributed by atoms with Crippen LogP contribution in [0.5, 0.6) is 5.75 Å². The molecule has 1 aliphatic carbocycles. The van der Waals surface area contributed by atoms with E-state index in [1.54, 1.807) is 25.2 Å². The van der Waals surface area contributed by atoms with Crippen LogP contribution >= 0.6 is 0 Å². The molecule has 2 amide bonds. The monoisotopic (exact) mass is 291 g/mol. The first-order valence-electron chi connectivity index (χ1n) is 7.08. The normalized spacial score (nSPS) is 13.6. The van der Waals surface area contributed by atoms with E-state index in [0.29, 0.717) is 29.6 Å². The standard InChI is InChI=1S/C15H21N3O3/c1-3-21-13-7-4-10(8-12(13)16)15(20)18(2)9-14(19)17-11-5-6-11/h4,7-8,11H,3,5-6,9,16H2,1-2H3,(H,17,19). The summed E-state index contributed by atoms with van der Waals surface area (Å²) in [5.74, 6) is 0.186. The van der Waals surface area contributed by atoms with Crippen molar-refractivity contribution in [2.45, 2.75) is 25.8 Å². The Balaban J connectivity index is 1.97. The third kappa shape index (κ3) is 4.11. The van der Waals surface area contributed by atoms with Crippen molar-refractivity contribution in [1.82, 2.24) is 10.2 Å². The topological polar surface area (TPSA) is 84.7 Å². The van der Waals surface area contributed by atoms with E-state index >= 15 is 0 Å². The number of nitrogens with two attached hydrogens (primary N) is 1. The lowest BCUT2D eigenvalue weighted by atomic mass is 10.1. The Morgan fingerprint density at radius 3 is 2.71 bits per heavy atom. The summed E-state index contributed by atoms with van der Waals surface area (Å²) in [6, 6.07) is 5.19. The number of nitrogens with one attached hydrogen (secondary N) is 1. The van der Waals surface area contributed by atoms with E-state index in [2.05, 4.69) is 5.32 Å². The molecule has 3 N–H and O–H groups in total. The van der Waals surface area contributed by atoms with Crippen LogP contribution in [0.4, 0.5) is 5.69 Å². The van der Waals surface area contributed by atoms with Crippen molar-refractivity contribution in [2.24, 2.45) is 0 Å². The Bertz CT molecular complexity index is 541. The van der Waals surface area contributed by atoms with Gasteiger partial charge in [0.15, 0.2) is 0 Å². The number of carbonyl (C=O) groups is 2. The molecule has 1 saturated carbocycles. The molecule has 1 aromatic rings. The van der Waals surface area contributed by atoms with E-state index in [1.807, 2.05) is 6.92 Å². The van der Waals surface area contributed by atoms with Crippen molar-refractivity contribution < 1.29 is 14.3 Å². The first-order chi connectivity index (χ1) is 10.0. The maximum atomic E-state index is 12.3. The minimum absolute atomic E-state index is 0.0441. The quantitative estimate of drug-likeness (QED) is 0.766. The number of anilines is 1. The van der Waals surface area contributed by atoms with Crippen molar-refractivity contribution in [2.75, 3.05) is 25.9 Å². The molecule has 114 valence electrons. The lowest BCUT2D eigenvalue weighted by molar-refractivity contribution is -0.121. The SMILES string of the molecule is CCOc1ccc(C(=O)N(C)CC(=O)NC2CC2)cc1N. The number of carbonyl (C=O) groups excluding carboxylic acids is 2. The molecule has 1 aliphatic rings. The zero-order chi connectivity index (χ0) is 15.4. The van der Waals surface area contributed by atoms with Gasteiger partial charge >= 0.3 is 0 Å². The first kappa shape index (κ1) is 15.2. The highest BCUT2D eigenvalue weighted by Crippen LogP contribution is 2.23. The zero-order valence-electron chi connectivity index (χ0n) is 12.4. The fraction of sp³-hybridized carbons (Fsp3) is 0.467. The van der Waals surface area contributed by atoms with Crippen molar-refractivity contribution in [1.29, 1.82) is 0 Å². The molecule has 0 atom stereocenters. The van der Waals surface area contributed by atoms with Gasteiger partial charge in [0.1, 0.15) is 5.75 Å². The summed E-state index contributed by atoms with van der Waals surface area (Å²) in [6.07, 6.45) is 2.05. The van der Waals surface area contributed by atoms with Crippen LogP contribution in [0.25, 0.3) is 0 Å². The van der Waals surface area contributed by atoms with Crippen LogP contribution in [0.3, 0.4) is 0 Å². The maximum absolute atomic E-state index is 12.3. The number of amides is 2. The number of nitrogens with zero attached hydrogens (tertiary/aromatic N) is 1. The number of likely N-dealkylation sites (N-methyl/N-ethyl adjacent to an activating group) is 1. The molecule has 0 heterocycles. The molecule has 1 fully saturated rings. The summed E-state index contributed by atoms with van der Waals surface area (Å²) in [4.78, 5) is 25.3. The van der Waals surface area contributed by atoms with Crippen LogP contribution < -0.4 is 15.8 Å². The van der Waals surface area contributed by atoms with Crippen molar-refractivity contribution in [3.05, 3.63) is 23.8 Å². The smallest absolute Gasteiger partial charge is 0.254 e. The minimum atomic E-state index is -0.240. The summed E-state index contributed by atoms with van der Waals surface area (Å²) in [6.45, 7) is 2.42. The van der Waals surface area contributed by atoms with E-state index in [1.165, 1.54) is 4.90 Å². The van der Waals surface area contributed by atoms with E-state index < -0.39 is 0 Å². The minimum Gasteiger partial charge on any atom is -0.492 e. The fourth-order valence-corrected chi connectivity index (χ4v) is 1.98.